The highest BCUT2D eigenvalue weighted by Gasteiger charge is 2.09. The first-order valence-electron chi connectivity index (χ1n) is 9.14. The van der Waals surface area contributed by atoms with Gasteiger partial charge >= 0.3 is 5.97 Å². The van der Waals surface area contributed by atoms with Crippen LogP contribution in [0.1, 0.15) is 25.0 Å². The molecule has 29 heavy (non-hydrogen) atoms. The number of anilines is 2. The Kier molecular flexibility index (Phi) is 8.03. The molecule has 0 bridgehead atoms. The summed E-state index contributed by atoms with van der Waals surface area (Å²) in [4.78, 5) is 35.7. The van der Waals surface area contributed by atoms with Gasteiger partial charge in [0.25, 0.3) is 0 Å². The maximum absolute atomic E-state index is 12.3. The van der Waals surface area contributed by atoms with Gasteiger partial charge in [0.1, 0.15) is 0 Å². The van der Waals surface area contributed by atoms with Crippen LogP contribution in [0.2, 0.25) is 0 Å². The molecule has 2 amide bonds. The number of aryl methyl sites for hydroxylation is 2. The largest absolute Gasteiger partial charge is 0.478 e. The third-order valence-corrected chi connectivity index (χ3v) is 5.19. The summed E-state index contributed by atoms with van der Waals surface area (Å²) in [5.41, 5.74) is 3.53. The number of benzene rings is 2. The number of carboxylic acid groups (broad SMARTS) is 1. The van der Waals surface area contributed by atoms with Crippen molar-refractivity contribution in [2.45, 2.75) is 32.1 Å². The van der Waals surface area contributed by atoms with Crippen molar-refractivity contribution in [3.63, 3.8) is 0 Å². The molecule has 0 unspecified atom stereocenters. The summed E-state index contributed by atoms with van der Waals surface area (Å²) >= 11 is 1.39. The van der Waals surface area contributed by atoms with Gasteiger partial charge in [-0.2, -0.15) is 0 Å². The predicted molar refractivity (Wildman–Crippen MR) is 116 cm³/mol. The number of hydrogen-bond acceptors (Lipinski definition) is 4. The van der Waals surface area contributed by atoms with Gasteiger partial charge in [0.2, 0.25) is 11.8 Å². The highest BCUT2D eigenvalue weighted by molar-refractivity contribution is 8.00. The summed E-state index contributed by atoms with van der Waals surface area (Å²) < 4.78 is 0. The predicted octanol–water partition coefficient (Wildman–Crippen LogP) is 4.26. The van der Waals surface area contributed by atoms with E-state index in [1.807, 2.05) is 25.1 Å². The number of carbonyl (C=O) groups excluding carboxylic acids is 2. The zero-order valence-corrected chi connectivity index (χ0v) is 17.4. The third kappa shape index (κ3) is 6.80. The lowest BCUT2D eigenvalue weighted by Gasteiger charge is -2.13. The molecule has 2 aromatic rings. The fourth-order valence-corrected chi connectivity index (χ4v) is 3.30. The summed E-state index contributed by atoms with van der Waals surface area (Å²) in [7, 11) is 0. The van der Waals surface area contributed by atoms with Gasteiger partial charge in [0.15, 0.2) is 0 Å². The number of aliphatic carboxylic acids is 1. The fourth-order valence-electron chi connectivity index (χ4n) is 2.60. The molecule has 6 nitrogen and oxygen atoms in total. The maximum Gasteiger partial charge on any atom is 0.331 e. The number of para-hydroxylation sites is 1. The number of rotatable bonds is 8. The van der Waals surface area contributed by atoms with Crippen LogP contribution in [0.25, 0.3) is 0 Å². The van der Waals surface area contributed by atoms with Crippen molar-refractivity contribution in [1.82, 2.24) is 0 Å². The highest BCUT2D eigenvalue weighted by Crippen LogP contribution is 2.23. The number of carboxylic acids is 1. The Bertz CT molecular complexity index is 936. The molecule has 0 fully saturated rings. The average molecular weight is 413 g/mol. The summed E-state index contributed by atoms with van der Waals surface area (Å²) in [6, 6.07) is 13.0. The molecule has 0 spiro atoms. The molecular formula is C22H24N2O4S. The molecule has 152 valence electrons. The molecular weight excluding hydrogens is 388 g/mol. The minimum atomic E-state index is -1.14. The molecule has 0 aliphatic rings. The second-order valence-electron chi connectivity index (χ2n) is 6.45. The van der Waals surface area contributed by atoms with E-state index < -0.39 is 11.9 Å². The monoisotopic (exact) mass is 412 g/mol. The summed E-state index contributed by atoms with van der Waals surface area (Å²) in [5, 5.41) is 14.4. The van der Waals surface area contributed by atoms with E-state index in [1.165, 1.54) is 18.7 Å². The topological polar surface area (TPSA) is 95.5 Å². The number of thioether (sulfide) groups is 1. The van der Waals surface area contributed by atoms with Crippen LogP contribution < -0.4 is 10.6 Å². The second kappa shape index (κ2) is 10.5. The average Bonchev–Trinajstić information content (AvgIpc) is 2.68. The van der Waals surface area contributed by atoms with E-state index in [9.17, 15) is 14.4 Å². The SMILES string of the molecule is CCc1cccc(C)c1NC(=O)CSc1ccc(NC(=O)/C=C(/C)C(=O)O)cc1. The zero-order valence-electron chi connectivity index (χ0n) is 16.6. The van der Waals surface area contributed by atoms with Gasteiger partial charge in [-0.25, -0.2) is 4.79 Å². The molecule has 3 N–H and O–H groups in total. The van der Waals surface area contributed by atoms with Crippen LogP contribution in [0.15, 0.2) is 59.0 Å². The van der Waals surface area contributed by atoms with E-state index in [-0.39, 0.29) is 17.2 Å². The first-order valence-corrected chi connectivity index (χ1v) is 10.1. The molecule has 7 heteroatoms. The van der Waals surface area contributed by atoms with Crippen molar-refractivity contribution in [2.24, 2.45) is 0 Å². The molecule has 0 heterocycles. The van der Waals surface area contributed by atoms with Crippen LogP contribution >= 0.6 is 11.8 Å². The Morgan fingerprint density at radius 1 is 1.07 bits per heavy atom. The van der Waals surface area contributed by atoms with E-state index >= 15 is 0 Å². The number of carbonyl (C=O) groups is 3. The van der Waals surface area contributed by atoms with Gasteiger partial charge in [-0.05, 0) is 55.7 Å². The van der Waals surface area contributed by atoms with Gasteiger partial charge in [-0.15, -0.1) is 11.8 Å². The first kappa shape index (κ1) is 22.2. The van der Waals surface area contributed by atoms with E-state index in [0.29, 0.717) is 5.69 Å². The lowest BCUT2D eigenvalue weighted by Crippen LogP contribution is -2.16. The van der Waals surface area contributed by atoms with Gasteiger partial charge < -0.3 is 15.7 Å². The molecule has 0 aliphatic heterocycles. The first-order chi connectivity index (χ1) is 13.8. The smallest absolute Gasteiger partial charge is 0.331 e. The van der Waals surface area contributed by atoms with Crippen molar-refractivity contribution < 1.29 is 19.5 Å². The molecule has 0 saturated heterocycles. The number of hydrogen-bond donors (Lipinski definition) is 3. The Labute approximate surface area is 174 Å². The lowest BCUT2D eigenvalue weighted by atomic mass is 10.1. The molecule has 0 atom stereocenters. The van der Waals surface area contributed by atoms with Crippen LogP contribution in [-0.2, 0) is 20.8 Å². The van der Waals surface area contributed by atoms with Gasteiger partial charge in [0.05, 0.1) is 5.75 Å². The zero-order chi connectivity index (χ0) is 21.4. The Hall–Kier alpha value is -3.06. The molecule has 0 saturated carbocycles. The molecule has 2 rings (SSSR count). The van der Waals surface area contributed by atoms with Crippen molar-refractivity contribution in [2.75, 3.05) is 16.4 Å². The standard InChI is InChI=1S/C22H24N2O4S/c1-4-16-7-5-6-14(2)21(16)24-20(26)13-29-18-10-8-17(9-11-18)23-19(25)12-15(3)22(27)28/h5-12H,4,13H2,1-3H3,(H,23,25)(H,24,26)(H,27,28)/b15-12-. The van der Waals surface area contributed by atoms with E-state index in [2.05, 4.69) is 17.6 Å². The van der Waals surface area contributed by atoms with Crippen molar-refractivity contribution in [3.8, 4) is 0 Å². The number of nitrogens with one attached hydrogen (secondary N) is 2. The molecule has 2 aromatic carbocycles. The van der Waals surface area contributed by atoms with Gasteiger partial charge in [-0.3, -0.25) is 9.59 Å². The van der Waals surface area contributed by atoms with Crippen molar-refractivity contribution in [1.29, 1.82) is 0 Å². The van der Waals surface area contributed by atoms with Crippen molar-refractivity contribution >= 4 is 40.9 Å². The van der Waals surface area contributed by atoms with E-state index in [0.717, 1.165) is 34.2 Å². The number of amides is 2. The van der Waals surface area contributed by atoms with Gasteiger partial charge in [-0.1, -0.05) is 25.1 Å². The van der Waals surface area contributed by atoms with Crippen LogP contribution in [0, 0.1) is 6.92 Å². The Morgan fingerprint density at radius 2 is 1.76 bits per heavy atom. The van der Waals surface area contributed by atoms with Crippen molar-refractivity contribution in [3.05, 3.63) is 65.2 Å². The van der Waals surface area contributed by atoms with E-state index in [4.69, 9.17) is 5.11 Å². The van der Waals surface area contributed by atoms with Crippen LogP contribution in [-0.4, -0.2) is 28.6 Å². The third-order valence-electron chi connectivity index (χ3n) is 4.18. The second-order valence-corrected chi connectivity index (χ2v) is 7.49. The van der Waals surface area contributed by atoms with Crippen LogP contribution in [0.3, 0.4) is 0 Å². The Balaban J connectivity index is 1.90. The molecule has 0 aromatic heterocycles. The highest BCUT2D eigenvalue weighted by atomic mass is 32.2. The minimum Gasteiger partial charge on any atom is -0.478 e. The summed E-state index contributed by atoms with van der Waals surface area (Å²) in [6.45, 7) is 5.38. The molecule has 0 radical (unpaired) electrons. The van der Waals surface area contributed by atoms with Gasteiger partial charge in [0, 0.05) is 27.9 Å². The Morgan fingerprint density at radius 3 is 2.38 bits per heavy atom. The van der Waals surface area contributed by atoms with Crippen LogP contribution in [0.4, 0.5) is 11.4 Å². The normalized spacial score (nSPS) is 11.1. The van der Waals surface area contributed by atoms with Crippen LogP contribution in [0.5, 0.6) is 0 Å². The minimum absolute atomic E-state index is 0.0411. The maximum atomic E-state index is 12.3. The quantitative estimate of drug-likeness (QED) is 0.445. The van der Waals surface area contributed by atoms with E-state index in [1.54, 1.807) is 24.3 Å². The summed E-state index contributed by atoms with van der Waals surface area (Å²) in [5.74, 6) is -1.45. The fraction of sp³-hybridized carbons (Fsp3) is 0.227. The summed E-state index contributed by atoms with van der Waals surface area (Å²) in [6.07, 6.45) is 1.88. The lowest BCUT2D eigenvalue weighted by molar-refractivity contribution is -0.132. The molecule has 0 aliphatic carbocycles.